The van der Waals surface area contributed by atoms with Gasteiger partial charge in [-0.3, -0.25) is 6.58 Å². The fourth-order valence-electron chi connectivity index (χ4n) is 0. The molecule has 0 aromatic heterocycles. The van der Waals surface area contributed by atoms with Gasteiger partial charge in [0, 0.05) is 65.4 Å². The molecule has 0 bridgehead atoms. The van der Waals surface area contributed by atoms with Gasteiger partial charge in [-0.1, -0.05) is 0 Å². The first-order valence-corrected chi connectivity index (χ1v) is 1.12. The largest absolute Gasteiger partial charge is 0.536 e. The minimum atomic E-state index is 0. The third kappa shape index (κ3) is 16.8. The second kappa shape index (κ2) is 15.8. The SMILES string of the molecule is [CH-]C[C-]=C.[Y].[Y]. The van der Waals surface area contributed by atoms with Gasteiger partial charge in [0.25, 0.3) is 0 Å². The smallest absolute Gasteiger partial charge is 0 e. The molecule has 0 unspecified atom stereocenters. The Kier molecular flexibility index (Phi) is 41.2. The van der Waals surface area contributed by atoms with E-state index in [1.165, 1.54) is 0 Å². The topological polar surface area (TPSA) is 0 Å². The Morgan fingerprint density at radius 1 is 1.50 bits per heavy atom. The van der Waals surface area contributed by atoms with Crippen LogP contribution in [0, 0.1) is 13.0 Å². The number of rotatable bonds is 1. The molecule has 0 spiro atoms. The van der Waals surface area contributed by atoms with Gasteiger partial charge in [0.2, 0.25) is 0 Å². The Morgan fingerprint density at radius 2 is 1.67 bits per heavy atom. The van der Waals surface area contributed by atoms with Crippen LogP contribution in [0.4, 0.5) is 0 Å². The van der Waals surface area contributed by atoms with Crippen LogP contribution in [0.3, 0.4) is 0 Å². The summed E-state index contributed by atoms with van der Waals surface area (Å²) in [5.41, 5.74) is 0. The molecule has 6 heavy (non-hydrogen) atoms. The molecule has 3 radical (unpaired) electrons. The fourth-order valence-corrected chi connectivity index (χ4v) is 0. The van der Waals surface area contributed by atoms with Gasteiger partial charge in [-0.05, 0) is 0 Å². The Bertz CT molecular complexity index is 19.5. The summed E-state index contributed by atoms with van der Waals surface area (Å²) in [5.74, 6) is 0. The van der Waals surface area contributed by atoms with Gasteiger partial charge in [0.05, 0.1) is 0 Å². The first-order valence-electron chi connectivity index (χ1n) is 1.12. The van der Waals surface area contributed by atoms with Crippen molar-refractivity contribution in [1.29, 1.82) is 0 Å². The Morgan fingerprint density at radius 3 is 1.67 bits per heavy atom. The summed E-state index contributed by atoms with van der Waals surface area (Å²) in [5, 5.41) is 0. The van der Waals surface area contributed by atoms with Crippen molar-refractivity contribution in [2.45, 2.75) is 6.42 Å². The van der Waals surface area contributed by atoms with E-state index >= 15 is 0 Å². The quantitative estimate of drug-likeness (QED) is 0.592. The second-order valence-corrected chi connectivity index (χ2v) is 0.454. The van der Waals surface area contributed by atoms with Gasteiger partial charge in [0.1, 0.15) is 0 Å². The molecule has 0 aromatic carbocycles. The standard InChI is InChI=1S/C4H5.2Y/c1-3-4-2;;/h1H,2-3H2;;/q-2;;. The molecule has 0 nitrogen and oxygen atoms in total. The predicted octanol–water partition coefficient (Wildman–Crippen LogP) is 1.07. The molecule has 0 amide bonds. The fraction of sp³-hybridized carbons (Fsp3) is 0.250. The van der Waals surface area contributed by atoms with Gasteiger partial charge < -0.3 is 19.4 Å². The van der Waals surface area contributed by atoms with E-state index in [1.54, 1.807) is 0 Å². The maximum atomic E-state index is 4.85. The first kappa shape index (κ1) is 15.7. The monoisotopic (exact) mass is 231 g/mol. The van der Waals surface area contributed by atoms with Crippen molar-refractivity contribution in [3.8, 4) is 0 Å². The first-order chi connectivity index (χ1) is 1.91. The summed E-state index contributed by atoms with van der Waals surface area (Å²) in [6.45, 7) is 8.08. The van der Waals surface area contributed by atoms with Gasteiger partial charge >= 0.3 is 0 Å². The molecule has 0 fully saturated rings. The molecule has 0 saturated carbocycles. The van der Waals surface area contributed by atoms with E-state index in [2.05, 4.69) is 12.7 Å². The molecule has 29 valence electrons. The number of hydrogen-bond acceptors (Lipinski definition) is 0. The van der Waals surface area contributed by atoms with Crippen LogP contribution in [-0.2, 0) is 65.4 Å². The third-order valence-electron chi connectivity index (χ3n) is 0.144. The molecule has 0 aliphatic carbocycles. The van der Waals surface area contributed by atoms with Crippen LogP contribution in [0.15, 0.2) is 6.58 Å². The van der Waals surface area contributed by atoms with Crippen LogP contribution in [0.1, 0.15) is 6.42 Å². The summed E-state index contributed by atoms with van der Waals surface area (Å²) >= 11 is 0. The molecular weight excluding hydrogens is 226 g/mol. The van der Waals surface area contributed by atoms with Crippen molar-refractivity contribution >= 4 is 0 Å². The van der Waals surface area contributed by atoms with E-state index in [4.69, 9.17) is 6.92 Å². The van der Waals surface area contributed by atoms with Crippen molar-refractivity contribution in [3.63, 3.8) is 0 Å². The summed E-state index contributed by atoms with van der Waals surface area (Å²) in [7, 11) is 0. The van der Waals surface area contributed by atoms with E-state index in [-0.39, 0.29) is 65.4 Å². The van der Waals surface area contributed by atoms with Gasteiger partial charge in [0.15, 0.2) is 0 Å². The summed E-state index contributed by atoms with van der Waals surface area (Å²) in [6, 6.07) is 0. The molecule has 0 aromatic rings. The van der Waals surface area contributed by atoms with Crippen molar-refractivity contribution in [1.82, 2.24) is 0 Å². The molecule has 0 heterocycles. The average Bonchev–Trinajstić information content (AvgIpc) is 1.37. The molecule has 0 aliphatic rings. The van der Waals surface area contributed by atoms with Crippen molar-refractivity contribution < 1.29 is 65.4 Å². The number of allylic oxidation sites excluding steroid dienone is 1. The Labute approximate surface area is 89.9 Å². The Hall–Kier alpha value is 1.95. The molecular formula is C4H5Y2-2. The van der Waals surface area contributed by atoms with Crippen molar-refractivity contribution in [2.24, 2.45) is 0 Å². The van der Waals surface area contributed by atoms with E-state index in [1.807, 2.05) is 0 Å². The second-order valence-electron chi connectivity index (χ2n) is 0.454. The van der Waals surface area contributed by atoms with Crippen LogP contribution >= 0.6 is 0 Å². The number of hydrogen-bond donors (Lipinski definition) is 0. The summed E-state index contributed by atoms with van der Waals surface area (Å²) < 4.78 is 0. The van der Waals surface area contributed by atoms with Crippen molar-refractivity contribution in [2.75, 3.05) is 0 Å². The van der Waals surface area contributed by atoms with E-state index in [0.717, 1.165) is 0 Å². The van der Waals surface area contributed by atoms with Gasteiger partial charge in [-0.2, -0.15) is 0 Å². The zero-order valence-corrected chi connectivity index (χ0v) is 9.32. The van der Waals surface area contributed by atoms with Crippen LogP contribution in [-0.4, -0.2) is 0 Å². The maximum Gasteiger partial charge on any atom is 0 e. The van der Waals surface area contributed by atoms with E-state index in [9.17, 15) is 0 Å². The van der Waals surface area contributed by atoms with Crippen molar-refractivity contribution in [3.05, 3.63) is 19.6 Å². The van der Waals surface area contributed by atoms with E-state index in [0.29, 0.717) is 6.42 Å². The van der Waals surface area contributed by atoms with Crippen LogP contribution in [0.2, 0.25) is 0 Å². The molecule has 0 N–H and O–H groups in total. The molecule has 0 rings (SSSR count). The maximum absolute atomic E-state index is 4.85. The minimum Gasteiger partial charge on any atom is -0.536 e. The minimum absolute atomic E-state index is 0. The molecule has 0 aliphatic heterocycles. The Balaban J connectivity index is -0.0000000450. The van der Waals surface area contributed by atoms with Crippen LogP contribution < -0.4 is 0 Å². The van der Waals surface area contributed by atoms with Crippen LogP contribution in [0.5, 0.6) is 0 Å². The summed E-state index contributed by atoms with van der Waals surface area (Å²) in [4.78, 5) is 0. The van der Waals surface area contributed by atoms with Gasteiger partial charge in [-0.15, -0.1) is 0 Å². The van der Waals surface area contributed by atoms with Gasteiger partial charge in [-0.25, -0.2) is 0 Å². The molecule has 2 heteroatoms. The third-order valence-corrected chi connectivity index (χ3v) is 0.144. The predicted molar refractivity (Wildman–Crippen MR) is 17.8 cm³/mol. The zero-order chi connectivity index (χ0) is 3.41. The average molecular weight is 231 g/mol. The molecule has 0 saturated heterocycles. The summed E-state index contributed by atoms with van der Waals surface area (Å²) in [6.07, 6.45) is 2.92. The zero-order valence-electron chi connectivity index (χ0n) is 3.65. The van der Waals surface area contributed by atoms with Crippen LogP contribution in [0.25, 0.3) is 0 Å². The molecule has 0 atom stereocenters. The normalized spacial score (nSPS) is 4.17. The van der Waals surface area contributed by atoms with E-state index < -0.39 is 0 Å².